The Kier molecular flexibility index (Phi) is 5.80. The Morgan fingerprint density at radius 2 is 1.77 bits per heavy atom. The molecule has 1 aliphatic rings. The molecule has 0 saturated heterocycles. The Morgan fingerprint density at radius 3 is 2.46 bits per heavy atom. The largest absolute Gasteiger partial charge is 0.481 e. The number of carboxylic acid groups (broad SMARTS) is 1. The molecule has 178 valence electrons. The quantitative estimate of drug-likeness (QED) is 0.398. The first-order valence-electron chi connectivity index (χ1n) is 11.4. The van der Waals surface area contributed by atoms with Gasteiger partial charge in [0.25, 0.3) is 5.91 Å². The van der Waals surface area contributed by atoms with Gasteiger partial charge in [0.05, 0.1) is 17.0 Å². The van der Waals surface area contributed by atoms with Crippen molar-refractivity contribution in [3.8, 4) is 22.5 Å². The van der Waals surface area contributed by atoms with Gasteiger partial charge in [0.1, 0.15) is 17.5 Å². The molecule has 1 heterocycles. The number of nitrogens with zero attached hydrogens (tertiary/aromatic N) is 2. The summed E-state index contributed by atoms with van der Waals surface area (Å²) in [6.07, 6.45) is 0.851. The molecule has 5 rings (SSSR count). The first-order valence-corrected chi connectivity index (χ1v) is 11.4. The van der Waals surface area contributed by atoms with E-state index in [9.17, 15) is 18.4 Å². The minimum atomic E-state index is -0.838. The smallest absolute Gasteiger partial charge is 0.306 e. The average Bonchev–Trinajstić information content (AvgIpc) is 3.18. The maximum absolute atomic E-state index is 14.6. The monoisotopic (exact) mass is 475 g/mol. The molecular weight excluding hydrogens is 452 g/mol. The zero-order valence-corrected chi connectivity index (χ0v) is 19.0. The highest BCUT2D eigenvalue weighted by atomic mass is 19.1. The van der Waals surface area contributed by atoms with Crippen LogP contribution in [0.2, 0.25) is 0 Å². The van der Waals surface area contributed by atoms with Gasteiger partial charge in [0.15, 0.2) is 0 Å². The number of hydrogen-bond donors (Lipinski definition) is 2. The summed E-state index contributed by atoms with van der Waals surface area (Å²) < 4.78 is 30.1. The number of aryl methyl sites for hydroxylation is 1. The second-order valence-electron chi connectivity index (χ2n) is 8.73. The number of halogens is 2. The Labute approximate surface area is 200 Å². The molecule has 8 heteroatoms. The third kappa shape index (κ3) is 4.16. The highest BCUT2D eigenvalue weighted by molar-refractivity contribution is 5.98. The first kappa shape index (κ1) is 22.7. The number of carbonyl (C=O) groups excluding carboxylic acids is 1. The summed E-state index contributed by atoms with van der Waals surface area (Å²) in [6, 6.07) is 15.8. The number of rotatable bonds is 6. The number of nitrogens with one attached hydrogen (secondary N) is 1. The topological polar surface area (TPSA) is 84.2 Å². The lowest BCUT2D eigenvalue weighted by atomic mass is 9.80. The van der Waals surface area contributed by atoms with Crippen LogP contribution in [-0.2, 0) is 11.3 Å². The highest BCUT2D eigenvalue weighted by Gasteiger charge is 2.35. The predicted octanol–water partition coefficient (Wildman–Crippen LogP) is 5.26. The fourth-order valence-electron chi connectivity index (χ4n) is 4.62. The summed E-state index contributed by atoms with van der Waals surface area (Å²) in [7, 11) is 0. The minimum absolute atomic E-state index is 0.152. The molecule has 4 aromatic rings. The van der Waals surface area contributed by atoms with Crippen LogP contribution in [0.15, 0.2) is 60.7 Å². The highest BCUT2D eigenvalue weighted by Crippen LogP contribution is 2.35. The van der Waals surface area contributed by atoms with Crippen molar-refractivity contribution in [2.75, 3.05) is 0 Å². The standard InChI is InChI=1S/C27H23F2N3O3/c1-2-32-24-10-7-15(26(33)30-18-11-16(12-18)27(34)35)13-23(24)31-25(32)21-6-4-3-5-19(21)20-9-8-17(28)14-22(20)29/h3-10,13-14,16,18H,2,11-12H2,1H3,(H,30,33)(H,34,35). The van der Waals surface area contributed by atoms with E-state index < -0.39 is 23.5 Å². The number of carboxylic acids is 1. The van der Waals surface area contributed by atoms with Crippen molar-refractivity contribution in [2.24, 2.45) is 5.92 Å². The van der Waals surface area contributed by atoms with Crippen molar-refractivity contribution in [1.29, 1.82) is 0 Å². The fraction of sp³-hybridized carbons (Fsp3) is 0.222. The Balaban J connectivity index is 1.51. The summed E-state index contributed by atoms with van der Waals surface area (Å²) in [5.74, 6) is -2.20. The number of imidazole rings is 1. The van der Waals surface area contributed by atoms with Crippen molar-refractivity contribution >= 4 is 22.9 Å². The molecule has 1 fully saturated rings. The number of aromatic nitrogens is 2. The predicted molar refractivity (Wildman–Crippen MR) is 128 cm³/mol. The zero-order valence-electron chi connectivity index (χ0n) is 19.0. The molecule has 2 N–H and O–H groups in total. The van der Waals surface area contributed by atoms with E-state index in [1.807, 2.05) is 29.7 Å². The van der Waals surface area contributed by atoms with Gasteiger partial charge in [-0.05, 0) is 55.7 Å². The molecule has 0 atom stereocenters. The van der Waals surface area contributed by atoms with Crippen LogP contribution in [0.1, 0.15) is 30.1 Å². The van der Waals surface area contributed by atoms with Crippen LogP contribution in [0.3, 0.4) is 0 Å². The molecule has 0 bridgehead atoms. The maximum atomic E-state index is 14.6. The number of carbonyl (C=O) groups is 2. The Bertz CT molecular complexity index is 1460. The molecule has 0 radical (unpaired) electrons. The number of fused-ring (bicyclic) bond motifs is 1. The van der Waals surface area contributed by atoms with Crippen molar-refractivity contribution < 1.29 is 23.5 Å². The van der Waals surface area contributed by atoms with Crippen molar-refractivity contribution in [2.45, 2.75) is 32.4 Å². The van der Waals surface area contributed by atoms with E-state index in [0.717, 1.165) is 11.6 Å². The van der Waals surface area contributed by atoms with Crippen LogP contribution in [0, 0.1) is 17.6 Å². The van der Waals surface area contributed by atoms with Gasteiger partial charge in [0, 0.05) is 35.3 Å². The van der Waals surface area contributed by atoms with E-state index in [0.29, 0.717) is 47.4 Å². The Morgan fingerprint density at radius 1 is 1.03 bits per heavy atom. The molecule has 35 heavy (non-hydrogen) atoms. The van der Waals surface area contributed by atoms with Gasteiger partial charge < -0.3 is 15.0 Å². The van der Waals surface area contributed by atoms with Gasteiger partial charge in [-0.2, -0.15) is 0 Å². The lowest BCUT2D eigenvalue weighted by molar-refractivity contribution is -0.145. The summed E-state index contributed by atoms with van der Waals surface area (Å²) >= 11 is 0. The fourth-order valence-corrected chi connectivity index (χ4v) is 4.62. The lowest BCUT2D eigenvalue weighted by Crippen LogP contribution is -2.46. The zero-order chi connectivity index (χ0) is 24.7. The van der Waals surface area contributed by atoms with Crippen LogP contribution < -0.4 is 5.32 Å². The number of benzene rings is 3. The van der Waals surface area contributed by atoms with E-state index in [1.165, 1.54) is 12.1 Å². The van der Waals surface area contributed by atoms with Gasteiger partial charge >= 0.3 is 5.97 Å². The van der Waals surface area contributed by atoms with E-state index in [4.69, 9.17) is 10.1 Å². The van der Waals surface area contributed by atoms with Crippen LogP contribution in [0.5, 0.6) is 0 Å². The number of aliphatic carboxylic acids is 1. The van der Waals surface area contributed by atoms with Gasteiger partial charge in [-0.25, -0.2) is 13.8 Å². The summed E-state index contributed by atoms with van der Waals surface area (Å²) in [4.78, 5) is 28.5. The van der Waals surface area contributed by atoms with Crippen LogP contribution >= 0.6 is 0 Å². The third-order valence-corrected chi connectivity index (χ3v) is 6.54. The van der Waals surface area contributed by atoms with Crippen LogP contribution in [0.4, 0.5) is 8.78 Å². The summed E-state index contributed by atoms with van der Waals surface area (Å²) in [5, 5.41) is 11.9. The second kappa shape index (κ2) is 8.94. The van der Waals surface area contributed by atoms with E-state index in [2.05, 4.69) is 5.32 Å². The molecule has 0 unspecified atom stereocenters. The van der Waals surface area contributed by atoms with Gasteiger partial charge in [0.2, 0.25) is 0 Å². The summed E-state index contributed by atoms with van der Waals surface area (Å²) in [5.41, 5.74) is 3.42. The molecule has 1 aliphatic carbocycles. The maximum Gasteiger partial charge on any atom is 0.306 e. The van der Waals surface area contributed by atoms with Crippen molar-refractivity contribution in [1.82, 2.24) is 14.9 Å². The second-order valence-corrected chi connectivity index (χ2v) is 8.73. The Hall–Kier alpha value is -4.07. The van der Waals surface area contributed by atoms with Gasteiger partial charge in [-0.1, -0.05) is 24.3 Å². The SMILES string of the molecule is CCn1c(-c2ccccc2-c2ccc(F)cc2F)nc2cc(C(=O)NC3CC(C(=O)O)C3)ccc21. The molecule has 0 aliphatic heterocycles. The van der Waals surface area contributed by atoms with E-state index >= 15 is 0 Å². The normalized spacial score (nSPS) is 17.2. The number of hydrogen-bond acceptors (Lipinski definition) is 3. The molecule has 0 spiro atoms. The van der Waals surface area contributed by atoms with Crippen LogP contribution in [-0.4, -0.2) is 32.6 Å². The van der Waals surface area contributed by atoms with Gasteiger partial charge in [-0.15, -0.1) is 0 Å². The molecule has 1 amide bonds. The van der Waals surface area contributed by atoms with E-state index in [-0.39, 0.29) is 17.5 Å². The average molecular weight is 475 g/mol. The molecule has 1 saturated carbocycles. The summed E-state index contributed by atoms with van der Waals surface area (Å²) in [6.45, 7) is 2.57. The molecule has 6 nitrogen and oxygen atoms in total. The molecule has 3 aromatic carbocycles. The molecule has 1 aromatic heterocycles. The lowest BCUT2D eigenvalue weighted by Gasteiger charge is -2.32. The van der Waals surface area contributed by atoms with E-state index in [1.54, 1.807) is 24.3 Å². The van der Waals surface area contributed by atoms with Crippen molar-refractivity contribution in [3.63, 3.8) is 0 Å². The minimum Gasteiger partial charge on any atom is -0.481 e. The third-order valence-electron chi connectivity index (χ3n) is 6.54. The number of amides is 1. The van der Waals surface area contributed by atoms with Gasteiger partial charge in [-0.3, -0.25) is 9.59 Å². The van der Waals surface area contributed by atoms with Crippen molar-refractivity contribution in [3.05, 3.63) is 77.9 Å². The molecular formula is C27H23F2N3O3. The van der Waals surface area contributed by atoms with Crippen LogP contribution in [0.25, 0.3) is 33.5 Å². The first-order chi connectivity index (χ1) is 16.9.